The molecule has 0 saturated carbocycles. The zero-order chi connectivity index (χ0) is 13.0. The minimum absolute atomic E-state index is 0.743. The molecule has 1 heterocycles. The fraction of sp³-hybridized carbons (Fsp3) is 0.231. The maximum atomic E-state index is 5.95. The lowest BCUT2D eigenvalue weighted by atomic mass is 10.2. The van der Waals surface area contributed by atoms with Crippen LogP contribution in [0.25, 0.3) is 0 Å². The summed E-state index contributed by atoms with van der Waals surface area (Å²) in [6.07, 6.45) is 1.01. The van der Waals surface area contributed by atoms with Gasteiger partial charge in [-0.25, -0.2) is 0 Å². The van der Waals surface area contributed by atoms with Crippen LogP contribution in [0.1, 0.15) is 10.4 Å². The molecule has 0 aliphatic heterocycles. The van der Waals surface area contributed by atoms with E-state index in [1.807, 2.05) is 24.3 Å². The summed E-state index contributed by atoms with van der Waals surface area (Å²) in [5.41, 5.74) is 1.22. The molecule has 5 heteroatoms. The van der Waals surface area contributed by atoms with Crippen LogP contribution < -0.4 is 5.32 Å². The third-order valence-electron chi connectivity index (χ3n) is 2.49. The van der Waals surface area contributed by atoms with Gasteiger partial charge in [-0.15, -0.1) is 11.3 Å². The van der Waals surface area contributed by atoms with Gasteiger partial charge in [0, 0.05) is 22.4 Å². The van der Waals surface area contributed by atoms with E-state index in [1.54, 1.807) is 11.3 Å². The zero-order valence-corrected chi connectivity index (χ0v) is 13.5. The molecule has 1 N–H and O–H groups in total. The van der Waals surface area contributed by atoms with Crippen LogP contribution in [-0.4, -0.2) is 6.54 Å². The molecular formula is C13H12BrCl2NS. The number of benzene rings is 1. The zero-order valence-electron chi connectivity index (χ0n) is 9.55. The van der Waals surface area contributed by atoms with E-state index in [2.05, 4.69) is 27.3 Å². The van der Waals surface area contributed by atoms with Crippen LogP contribution in [0.2, 0.25) is 9.36 Å². The average Bonchev–Trinajstić information content (AvgIpc) is 2.75. The molecule has 0 saturated heterocycles. The summed E-state index contributed by atoms with van der Waals surface area (Å²) in [7, 11) is 0. The van der Waals surface area contributed by atoms with E-state index >= 15 is 0 Å². The second kappa shape index (κ2) is 6.92. The minimum atomic E-state index is 0.743. The first kappa shape index (κ1) is 14.4. The van der Waals surface area contributed by atoms with Crippen molar-refractivity contribution in [2.45, 2.75) is 13.0 Å². The Balaban J connectivity index is 1.76. The van der Waals surface area contributed by atoms with Gasteiger partial charge in [-0.1, -0.05) is 29.3 Å². The molecule has 18 heavy (non-hydrogen) atoms. The SMILES string of the molecule is Clc1ccc(CCNCc2ccc(Cl)c(Br)c2)s1. The summed E-state index contributed by atoms with van der Waals surface area (Å²) in [5, 5.41) is 4.15. The van der Waals surface area contributed by atoms with Crippen molar-refractivity contribution in [3.8, 4) is 0 Å². The van der Waals surface area contributed by atoms with Gasteiger partial charge in [0.25, 0.3) is 0 Å². The van der Waals surface area contributed by atoms with Gasteiger partial charge >= 0.3 is 0 Å². The van der Waals surface area contributed by atoms with E-state index in [1.165, 1.54) is 10.4 Å². The fourth-order valence-corrected chi connectivity index (χ4v) is 3.21. The summed E-state index contributed by atoms with van der Waals surface area (Å²) < 4.78 is 1.79. The monoisotopic (exact) mass is 363 g/mol. The highest BCUT2D eigenvalue weighted by Gasteiger charge is 2.00. The van der Waals surface area contributed by atoms with Crippen molar-refractivity contribution in [3.63, 3.8) is 0 Å². The van der Waals surface area contributed by atoms with E-state index in [4.69, 9.17) is 23.2 Å². The smallest absolute Gasteiger partial charge is 0.0931 e. The predicted octanol–water partition coefficient (Wildman–Crippen LogP) is 5.15. The lowest BCUT2D eigenvalue weighted by molar-refractivity contribution is 0.690. The van der Waals surface area contributed by atoms with Crippen LogP contribution in [0.4, 0.5) is 0 Å². The molecule has 96 valence electrons. The molecule has 0 amide bonds. The van der Waals surface area contributed by atoms with Crippen LogP contribution in [0.15, 0.2) is 34.8 Å². The van der Waals surface area contributed by atoms with Crippen molar-refractivity contribution in [1.29, 1.82) is 0 Å². The summed E-state index contributed by atoms with van der Waals surface area (Å²) in [4.78, 5) is 1.31. The second-order valence-corrected chi connectivity index (χ2v) is 6.94. The molecule has 0 atom stereocenters. The van der Waals surface area contributed by atoms with Crippen molar-refractivity contribution in [2.75, 3.05) is 6.54 Å². The van der Waals surface area contributed by atoms with Crippen LogP contribution >= 0.6 is 50.5 Å². The Morgan fingerprint density at radius 2 is 2.00 bits per heavy atom. The molecule has 0 fully saturated rings. The third kappa shape index (κ3) is 4.25. The number of rotatable bonds is 5. The highest BCUT2D eigenvalue weighted by molar-refractivity contribution is 9.10. The standard InChI is InChI=1S/C13H12BrCl2NS/c14-11-7-9(1-3-12(11)15)8-17-6-5-10-2-4-13(16)18-10/h1-4,7,17H,5-6,8H2. The molecule has 0 aliphatic rings. The normalized spacial score (nSPS) is 10.8. The summed E-state index contributed by atoms with van der Waals surface area (Å²) in [5.74, 6) is 0. The van der Waals surface area contributed by atoms with Crippen molar-refractivity contribution in [2.24, 2.45) is 0 Å². The molecule has 0 bridgehead atoms. The Morgan fingerprint density at radius 1 is 1.17 bits per heavy atom. The van der Waals surface area contributed by atoms with Gasteiger partial charge in [0.2, 0.25) is 0 Å². The largest absolute Gasteiger partial charge is 0.312 e. The highest BCUT2D eigenvalue weighted by atomic mass is 79.9. The van der Waals surface area contributed by atoms with Gasteiger partial charge in [0.1, 0.15) is 0 Å². The Kier molecular flexibility index (Phi) is 5.52. The number of hydrogen-bond donors (Lipinski definition) is 1. The Bertz CT molecular complexity index is 527. The summed E-state index contributed by atoms with van der Waals surface area (Å²) >= 11 is 16.9. The second-order valence-electron chi connectivity index (χ2n) is 3.88. The number of halogens is 3. The van der Waals surface area contributed by atoms with Crippen molar-refractivity contribution in [3.05, 3.63) is 54.6 Å². The van der Waals surface area contributed by atoms with Gasteiger partial charge in [0.15, 0.2) is 0 Å². The number of nitrogens with one attached hydrogen (secondary N) is 1. The van der Waals surface area contributed by atoms with Gasteiger partial charge in [-0.05, 0) is 52.2 Å². The van der Waals surface area contributed by atoms with Gasteiger partial charge in [0.05, 0.1) is 9.36 Å². The van der Waals surface area contributed by atoms with Gasteiger partial charge in [-0.3, -0.25) is 0 Å². The molecule has 0 spiro atoms. The highest BCUT2D eigenvalue weighted by Crippen LogP contribution is 2.23. The van der Waals surface area contributed by atoms with Gasteiger partial charge < -0.3 is 5.32 Å². The molecular weight excluding hydrogens is 353 g/mol. The molecule has 0 unspecified atom stereocenters. The molecule has 1 aromatic heterocycles. The van der Waals surface area contributed by atoms with E-state index < -0.39 is 0 Å². The van der Waals surface area contributed by atoms with E-state index in [0.717, 1.165) is 33.3 Å². The molecule has 1 aromatic carbocycles. The van der Waals surface area contributed by atoms with E-state index in [-0.39, 0.29) is 0 Å². The molecule has 2 aromatic rings. The van der Waals surface area contributed by atoms with E-state index in [0.29, 0.717) is 0 Å². The maximum absolute atomic E-state index is 5.95. The first-order chi connectivity index (χ1) is 8.65. The first-order valence-corrected chi connectivity index (χ1v) is 7.90. The third-order valence-corrected chi connectivity index (χ3v) is 5.00. The van der Waals surface area contributed by atoms with Crippen molar-refractivity contribution >= 4 is 50.5 Å². The van der Waals surface area contributed by atoms with Crippen molar-refractivity contribution in [1.82, 2.24) is 5.32 Å². The molecule has 1 nitrogen and oxygen atoms in total. The van der Waals surface area contributed by atoms with Gasteiger partial charge in [-0.2, -0.15) is 0 Å². The quantitative estimate of drug-likeness (QED) is 0.723. The fourth-order valence-electron chi connectivity index (χ4n) is 1.58. The summed E-state index contributed by atoms with van der Waals surface area (Å²) in [6, 6.07) is 9.99. The van der Waals surface area contributed by atoms with Crippen LogP contribution in [-0.2, 0) is 13.0 Å². The van der Waals surface area contributed by atoms with Crippen molar-refractivity contribution < 1.29 is 0 Å². The molecule has 0 radical (unpaired) electrons. The topological polar surface area (TPSA) is 12.0 Å². The first-order valence-electron chi connectivity index (χ1n) is 5.54. The van der Waals surface area contributed by atoms with Crippen LogP contribution in [0.3, 0.4) is 0 Å². The predicted molar refractivity (Wildman–Crippen MR) is 83.9 cm³/mol. The molecule has 0 aliphatic carbocycles. The Morgan fingerprint density at radius 3 is 2.67 bits per heavy atom. The minimum Gasteiger partial charge on any atom is -0.312 e. The Hall–Kier alpha value is -0.0600. The van der Waals surface area contributed by atoms with Crippen LogP contribution in [0.5, 0.6) is 0 Å². The maximum Gasteiger partial charge on any atom is 0.0931 e. The lowest BCUT2D eigenvalue weighted by Crippen LogP contribution is -2.16. The lowest BCUT2D eigenvalue weighted by Gasteiger charge is -2.05. The average molecular weight is 365 g/mol. The van der Waals surface area contributed by atoms with Crippen LogP contribution in [0, 0.1) is 0 Å². The number of thiophene rings is 1. The number of hydrogen-bond acceptors (Lipinski definition) is 2. The van der Waals surface area contributed by atoms with E-state index in [9.17, 15) is 0 Å². The summed E-state index contributed by atoms with van der Waals surface area (Å²) in [6.45, 7) is 1.78. The molecule has 2 rings (SSSR count). The Labute approximate surface area is 129 Å².